The first-order valence-electron chi connectivity index (χ1n) is 5.64. The minimum absolute atomic E-state index is 0.0362. The summed E-state index contributed by atoms with van der Waals surface area (Å²) in [4.78, 5) is 3.79. The molecule has 1 aromatic heterocycles. The summed E-state index contributed by atoms with van der Waals surface area (Å²) in [6, 6.07) is 7.70. The second-order valence-electron chi connectivity index (χ2n) is 3.67. The third kappa shape index (κ3) is 3.20. The van der Waals surface area contributed by atoms with Crippen molar-refractivity contribution in [3.63, 3.8) is 0 Å². The Morgan fingerprint density at radius 2 is 2.00 bits per heavy atom. The van der Waals surface area contributed by atoms with E-state index in [4.69, 9.17) is 4.74 Å². The summed E-state index contributed by atoms with van der Waals surface area (Å²) in [5.74, 6) is -1.51. The first kappa shape index (κ1) is 13.7. The van der Waals surface area contributed by atoms with Crippen LogP contribution < -0.4 is 10.1 Å². The van der Waals surface area contributed by atoms with E-state index in [1.54, 1.807) is 31.2 Å². The quantitative estimate of drug-likeness (QED) is 0.906. The van der Waals surface area contributed by atoms with Crippen LogP contribution in [0.5, 0.6) is 11.6 Å². The standard InChI is InChI=1S/C13H11BrF2N2O/c1-2-17-12-9(15)7-10(16)13(18-12)19-11-6-4-3-5-8(11)14/h3-7H,2H2,1H3,(H,17,18). The van der Waals surface area contributed by atoms with E-state index in [1.807, 2.05) is 0 Å². The molecule has 0 radical (unpaired) electrons. The lowest BCUT2D eigenvalue weighted by molar-refractivity contribution is 0.416. The van der Waals surface area contributed by atoms with E-state index in [0.717, 1.165) is 6.07 Å². The van der Waals surface area contributed by atoms with Crippen molar-refractivity contribution in [3.05, 3.63) is 46.4 Å². The molecule has 0 spiro atoms. The monoisotopic (exact) mass is 328 g/mol. The molecule has 1 N–H and O–H groups in total. The molecule has 0 aliphatic heterocycles. The Morgan fingerprint density at radius 1 is 1.26 bits per heavy atom. The second kappa shape index (κ2) is 5.97. The molecule has 0 aliphatic carbocycles. The predicted molar refractivity (Wildman–Crippen MR) is 72.5 cm³/mol. The SMILES string of the molecule is CCNc1nc(Oc2ccccc2Br)c(F)cc1F. The van der Waals surface area contributed by atoms with Crippen LogP contribution in [0.15, 0.2) is 34.8 Å². The molecular formula is C13H11BrF2N2O. The minimum Gasteiger partial charge on any atom is -0.435 e. The average Bonchev–Trinajstić information content (AvgIpc) is 2.38. The number of aromatic nitrogens is 1. The van der Waals surface area contributed by atoms with Crippen LogP contribution in [-0.4, -0.2) is 11.5 Å². The van der Waals surface area contributed by atoms with Gasteiger partial charge in [0.25, 0.3) is 5.88 Å². The Morgan fingerprint density at radius 3 is 2.68 bits per heavy atom. The summed E-state index contributed by atoms with van der Waals surface area (Å²) >= 11 is 3.28. The number of anilines is 1. The first-order valence-corrected chi connectivity index (χ1v) is 6.43. The zero-order valence-electron chi connectivity index (χ0n) is 10.1. The maximum Gasteiger partial charge on any atom is 0.258 e. The molecule has 0 atom stereocenters. The third-order valence-electron chi connectivity index (χ3n) is 2.28. The molecule has 6 heteroatoms. The smallest absolute Gasteiger partial charge is 0.258 e. The molecule has 2 rings (SSSR count). The zero-order valence-corrected chi connectivity index (χ0v) is 11.7. The van der Waals surface area contributed by atoms with Crippen LogP contribution in [0.3, 0.4) is 0 Å². The molecule has 0 unspecified atom stereocenters. The van der Waals surface area contributed by atoms with Gasteiger partial charge >= 0.3 is 0 Å². The predicted octanol–water partition coefficient (Wildman–Crippen LogP) is 4.35. The van der Waals surface area contributed by atoms with Gasteiger partial charge in [0.15, 0.2) is 17.5 Å². The van der Waals surface area contributed by atoms with Crippen LogP contribution in [0.1, 0.15) is 6.92 Å². The van der Waals surface area contributed by atoms with Gasteiger partial charge in [-0.15, -0.1) is 0 Å². The van der Waals surface area contributed by atoms with Gasteiger partial charge in [0, 0.05) is 12.6 Å². The van der Waals surface area contributed by atoms with E-state index in [1.165, 1.54) is 0 Å². The number of nitrogens with zero attached hydrogens (tertiary/aromatic N) is 1. The van der Waals surface area contributed by atoms with E-state index >= 15 is 0 Å². The van der Waals surface area contributed by atoms with E-state index in [9.17, 15) is 8.78 Å². The van der Waals surface area contributed by atoms with Crippen molar-refractivity contribution in [3.8, 4) is 11.6 Å². The van der Waals surface area contributed by atoms with Gasteiger partial charge in [-0.25, -0.2) is 8.78 Å². The Balaban J connectivity index is 2.34. The number of rotatable bonds is 4. The third-order valence-corrected chi connectivity index (χ3v) is 2.94. The van der Waals surface area contributed by atoms with Crippen molar-refractivity contribution in [1.82, 2.24) is 4.98 Å². The lowest BCUT2D eigenvalue weighted by Crippen LogP contribution is -2.04. The number of benzene rings is 1. The topological polar surface area (TPSA) is 34.2 Å². The van der Waals surface area contributed by atoms with Crippen molar-refractivity contribution < 1.29 is 13.5 Å². The number of pyridine rings is 1. The highest BCUT2D eigenvalue weighted by Gasteiger charge is 2.14. The lowest BCUT2D eigenvalue weighted by Gasteiger charge is -2.10. The highest BCUT2D eigenvalue weighted by atomic mass is 79.9. The molecule has 1 heterocycles. The van der Waals surface area contributed by atoms with Crippen LogP contribution in [0, 0.1) is 11.6 Å². The fourth-order valence-corrected chi connectivity index (χ4v) is 1.81. The Labute approximate surface area is 117 Å². The van der Waals surface area contributed by atoms with E-state index < -0.39 is 11.6 Å². The fourth-order valence-electron chi connectivity index (χ4n) is 1.44. The maximum absolute atomic E-state index is 13.6. The van der Waals surface area contributed by atoms with Gasteiger partial charge in [-0.3, -0.25) is 0 Å². The zero-order chi connectivity index (χ0) is 13.8. The normalized spacial score (nSPS) is 10.3. The van der Waals surface area contributed by atoms with Crippen LogP contribution in [0.25, 0.3) is 0 Å². The number of hydrogen-bond acceptors (Lipinski definition) is 3. The molecular weight excluding hydrogens is 318 g/mol. The van der Waals surface area contributed by atoms with Crippen LogP contribution >= 0.6 is 15.9 Å². The molecule has 19 heavy (non-hydrogen) atoms. The van der Waals surface area contributed by atoms with Crippen molar-refractivity contribution in [2.75, 3.05) is 11.9 Å². The Bertz CT molecular complexity index is 593. The lowest BCUT2D eigenvalue weighted by atomic mass is 10.3. The van der Waals surface area contributed by atoms with Gasteiger partial charge in [-0.05, 0) is 35.0 Å². The van der Waals surface area contributed by atoms with Crippen molar-refractivity contribution in [2.24, 2.45) is 0 Å². The molecule has 100 valence electrons. The van der Waals surface area contributed by atoms with Crippen LogP contribution in [-0.2, 0) is 0 Å². The van der Waals surface area contributed by atoms with Gasteiger partial charge in [0.1, 0.15) is 5.75 Å². The molecule has 0 amide bonds. The summed E-state index contributed by atoms with van der Waals surface area (Å²) in [5, 5.41) is 2.70. The van der Waals surface area contributed by atoms with E-state index in [2.05, 4.69) is 26.2 Å². The highest BCUT2D eigenvalue weighted by molar-refractivity contribution is 9.10. The largest absolute Gasteiger partial charge is 0.435 e. The molecule has 0 aliphatic rings. The average molecular weight is 329 g/mol. The minimum atomic E-state index is -0.852. The number of ether oxygens (including phenoxy) is 1. The number of halogens is 3. The summed E-state index contributed by atoms with van der Waals surface area (Å²) < 4.78 is 33.0. The van der Waals surface area contributed by atoms with Gasteiger partial charge < -0.3 is 10.1 Å². The summed E-state index contributed by atoms with van der Waals surface area (Å²) in [5.41, 5.74) is 0. The van der Waals surface area contributed by atoms with E-state index in [-0.39, 0.29) is 11.7 Å². The summed E-state index contributed by atoms with van der Waals surface area (Å²) in [6.45, 7) is 2.27. The second-order valence-corrected chi connectivity index (χ2v) is 4.52. The van der Waals surface area contributed by atoms with E-state index in [0.29, 0.717) is 16.8 Å². The molecule has 2 aromatic rings. The maximum atomic E-state index is 13.6. The Hall–Kier alpha value is -1.69. The van der Waals surface area contributed by atoms with Crippen molar-refractivity contribution >= 4 is 21.7 Å². The Kier molecular flexibility index (Phi) is 4.31. The van der Waals surface area contributed by atoms with Gasteiger partial charge in [0.05, 0.1) is 4.47 Å². The van der Waals surface area contributed by atoms with Crippen molar-refractivity contribution in [2.45, 2.75) is 6.92 Å². The molecule has 3 nitrogen and oxygen atoms in total. The van der Waals surface area contributed by atoms with Gasteiger partial charge in [-0.2, -0.15) is 4.98 Å². The molecule has 1 aromatic carbocycles. The van der Waals surface area contributed by atoms with Crippen LogP contribution in [0.4, 0.5) is 14.6 Å². The summed E-state index contributed by atoms with van der Waals surface area (Å²) in [6.07, 6.45) is 0. The molecule has 0 saturated heterocycles. The summed E-state index contributed by atoms with van der Waals surface area (Å²) in [7, 11) is 0. The first-order chi connectivity index (χ1) is 9.11. The van der Waals surface area contributed by atoms with Crippen LogP contribution in [0.2, 0.25) is 0 Å². The number of hydrogen-bond donors (Lipinski definition) is 1. The molecule has 0 saturated carbocycles. The van der Waals surface area contributed by atoms with Gasteiger partial charge in [-0.1, -0.05) is 12.1 Å². The molecule has 0 fully saturated rings. The number of para-hydroxylation sites is 1. The number of nitrogens with one attached hydrogen (secondary N) is 1. The van der Waals surface area contributed by atoms with Crippen molar-refractivity contribution in [1.29, 1.82) is 0 Å². The highest BCUT2D eigenvalue weighted by Crippen LogP contribution is 2.30. The van der Waals surface area contributed by atoms with Gasteiger partial charge in [0.2, 0.25) is 0 Å². The fraction of sp³-hybridized carbons (Fsp3) is 0.154. The molecule has 0 bridgehead atoms.